The highest BCUT2D eigenvalue weighted by Crippen LogP contribution is 2.28. The Balaban J connectivity index is 2.77. The van der Waals surface area contributed by atoms with Crippen LogP contribution in [0.25, 0.3) is 5.69 Å². The fourth-order valence-electron chi connectivity index (χ4n) is 2.09. The number of benzene rings is 1. The van der Waals surface area contributed by atoms with Crippen molar-refractivity contribution in [3.8, 4) is 5.69 Å². The van der Waals surface area contributed by atoms with Gasteiger partial charge in [0.15, 0.2) is 5.43 Å². The van der Waals surface area contributed by atoms with Crippen molar-refractivity contribution < 1.29 is 0 Å². The van der Waals surface area contributed by atoms with Crippen molar-refractivity contribution in [2.75, 3.05) is 5.73 Å². The molecule has 2 N–H and O–H groups in total. The van der Waals surface area contributed by atoms with E-state index in [9.17, 15) is 4.79 Å². The van der Waals surface area contributed by atoms with Gasteiger partial charge in [-0.2, -0.15) is 0 Å². The average Bonchev–Trinajstić information content (AvgIpc) is 2.24. The molecular formula is C14H15BrN2O. The van der Waals surface area contributed by atoms with E-state index in [-0.39, 0.29) is 5.43 Å². The maximum Gasteiger partial charge on any atom is 0.182 e. The van der Waals surface area contributed by atoms with Crippen LogP contribution in [0.4, 0.5) is 5.69 Å². The quantitative estimate of drug-likeness (QED) is 0.823. The number of halogens is 1. The Morgan fingerprint density at radius 3 is 2.17 bits per heavy atom. The molecule has 0 saturated heterocycles. The molecule has 0 fully saturated rings. The molecule has 0 aliphatic rings. The number of pyridine rings is 1. The average molecular weight is 307 g/mol. The first-order chi connectivity index (χ1) is 8.40. The molecule has 1 aromatic heterocycles. The van der Waals surface area contributed by atoms with Crippen LogP contribution in [0.5, 0.6) is 0 Å². The lowest BCUT2D eigenvalue weighted by molar-refractivity contribution is 0.917. The highest BCUT2D eigenvalue weighted by molar-refractivity contribution is 9.10. The van der Waals surface area contributed by atoms with Crippen LogP contribution in [0.3, 0.4) is 0 Å². The number of rotatable bonds is 1. The maximum atomic E-state index is 11.5. The number of aryl methyl sites for hydroxylation is 3. The van der Waals surface area contributed by atoms with Gasteiger partial charge in [-0.15, -0.1) is 0 Å². The minimum atomic E-state index is 0.0254. The zero-order valence-corrected chi connectivity index (χ0v) is 12.2. The lowest BCUT2D eigenvalue weighted by Crippen LogP contribution is -2.12. The summed E-state index contributed by atoms with van der Waals surface area (Å²) in [6.45, 7) is 5.79. The Labute approximate surface area is 114 Å². The lowest BCUT2D eigenvalue weighted by atomic mass is 10.1. The topological polar surface area (TPSA) is 48.0 Å². The minimum Gasteiger partial charge on any atom is -0.398 e. The van der Waals surface area contributed by atoms with Crippen molar-refractivity contribution in [1.82, 2.24) is 4.57 Å². The first kappa shape index (κ1) is 12.9. The van der Waals surface area contributed by atoms with Gasteiger partial charge in [0, 0.05) is 33.7 Å². The van der Waals surface area contributed by atoms with Gasteiger partial charge < -0.3 is 10.3 Å². The van der Waals surface area contributed by atoms with Crippen molar-refractivity contribution in [2.24, 2.45) is 0 Å². The molecule has 1 aromatic carbocycles. The van der Waals surface area contributed by atoms with Gasteiger partial charge in [-0.3, -0.25) is 4.79 Å². The van der Waals surface area contributed by atoms with Crippen LogP contribution >= 0.6 is 15.9 Å². The number of hydrogen-bond donors (Lipinski definition) is 1. The van der Waals surface area contributed by atoms with Crippen molar-refractivity contribution in [3.05, 3.63) is 55.9 Å². The fourth-order valence-corrected chi connectivity index (χ4v) is 2.72. The molecule has 18 heavy (non-hydrogen) atoms. The first-order valence-electron chi connectivity index (χ1n) is 5.66. The van der Waals surface area contributed by atoms with E-state index in [1.807, 2.05) is 37.5 Å². The predicted molar refractivity (Wildman–Crippen MR) is 78.4 cm³/mol. The van der Waals surface area contributed by atoms with E-state index in [1.165, 1.54) is 0 Å². The zero-order chi connectivity index (χ0) is 13.4. The molecule has 94 valence electrons. The highest BCUT2D eigenvalue weighted by Gasteiger charge is 2.09. The summed E-state index contributed by atoms with van der Waals surface area (Å²) in [5.74, 6) is 0. The second-order valence-electron chi connectivity index (χ2n) is 4.47. The van der Waals surface area contributed by atoms with Crippen LogP contribution in [0.2, 0.25) is 0 Å². The molecule has 4 heteroatoms. The lowest BCUT2D eigenvalue weighted by Gasteiger charge is -2.17. The summed E-state index contributed by atoms with van der Waals surface area (Å²) in [6, 6.07) is 7.15. The number of nitrogens with zero attached hydrogens (tertiary/aromatic N) is 1. The molecule has 0 spiro atoms. The molecule has 0 amide bonds. The van der Waals surface area contributed by atoms with E-state index in [1.54, 1.807) is 12.1 Å². The number of nitrogen functional groups attached to an aromatic ring is 1. The van der Waals surface area contributed by atoms with Crippen molar-refractivity contribution in [2.45, 2.75) is 20.8 Å². The van der Waals surface area contributed by atoms with Gasteiger partial charge in [0.2, 0.25) is 0 Å². The first-order valence-corrected chi connectivity index (χ1v) is 6.46. The van der Waals surface area contributed by atoms with E-state index in [0.29, 0.717) is 0 Å². The van der Waals surface area contributed by atoms with Crippen LogP contribution in [0, 0.1) is 20.8 Å². The minimum absolute atomic E-state index is 0.0254. The zero-order valence-electron chi connectivity index (χ0n) is 10.6. The molecule has 3 nitrogen and oxygen atoms in total. The van der Waals surface area contributed by atoms with Crippen LogP contribution in [0.15, 0.2) is 33.5 Å². The third kappa shape index (κ3) is 2.20. The molecule has 0 atom stereocenters. The predicted octanol–water partition coefficient (Wildman–Crippen LogP) is 3.11. The Bertz CT molecular complexity index is 648. The number of anilines is 1. The number of hydrogen-bond acceptors (Lipinski definition) is 2. The number of nitrogens with two attached hydrogens (primary N) is 1. The van der Waals surface area contributed by atoms with Gasteiger partial charge in [0.1, 0.15) is 0 Å². The maximum absolute atomic E-state index is 11.5. The molecule has 0 unspecified atom stereocenters. The standard InChI is InChI=1S/C14H15BrN2O/c1-8-4-12(15)14(7-13(8)16)17-9(2)5-11(18)6-10(17)3/h4-7H,16H2,1-3H3. The van der Waals surface area contributed by atoms with Crippen molar-refractivity contribution >= 4 is 21.6 Å². The van der Waals surface area contributed by atoms with E-state index < -0.39 is 0 Å². The molecule has 0 aliphatic heterocycles. The monoisotopic (exact) mass is 306 g/mol. The van der Waals surface area contributed by atoms with Crippen molar-refractivity contribution in [1.29, 1.82) is 0 Å². The van der Waals surface area contributed by atoms with Crippen LogP contribution in [0.1, 0.15) is 17.0 Å². The molecule has 2 aromatic rings. The fraction of sp³-hybridized carbons (Fsp3) is 0.214. The third-order valence-corrected chi connectivity index (χ3v) is 3.62. The van der Waals surface area contributed by atoms with Gasteiger partial charge in [-0.1, -0.05) is 0 Å². The second kappa shape index (κ2) is 4.61. The summed E-state index contributed by atoms with van der Waals surface area (Å²) in [6.07, 6.45) is 0. The van der Waals surface area contributed by atoms with Gasteiger partial charge in [-0.25, -0.2) is 0 Å². The Kier molecular flexibility index (Phi) is 3.30. The summed E-state index contributed by atoms with van der Waals surface area (Å²) in [5.41, 5.74) is 10.5. The Morgan fingerprint density at radius 1 is 1.06 bits per heavy atom. The largest absolute Gasteiger partial charge is 0.398 e. The molecule has 2 rings (SSSR count). The van der Waals surface area contributed by atoms with E-state index in [2.05, 4.69) is 15.9 Å². The van der Waals surface area contributed by atoms with Crippen molar-refractivity contribution in [3.63, 3.8) is 0 Å². The molecule has 0 radical (unpaired) electrons. The molecule has 1 heterocycles. The van der Waals surface area contributed by atoms with Crippen LogP contribution < -0.4 is 11.2 Å². The Morgan fingerprint density at radius 2 is 1.61 bits per heavy atom. The van der Waals surface area contributed by atoms with E-state index in [4.69, 9.17) is 5.73 Å². The molecule has 0 saturated carbocycles. The number of aromatic nitrogens is 1. The van der Waals surface area contributed by atoms with Gasteiger partial charge >= 0.3 is 0 Å². The summed E-state index contributed by atoms with van der Waals surface area (Å²) in [5, 5.41) is 0. The highest BCUT2D eigenvalue weighted by atomic mass is 79.9. The van der Waals surface area contributed by atoms with Gasteiger partial charge in [0.05, 0.1) is 5.69 Å². The van der Waals surface area contributed by atoms with Crippen LogP contribution in [-0.2, 0) is 0 Å². The van der Waals surface area contributed by atoms with Gasteiger partial charge in [0.25, 0.3) is 0 Å². The van der Waals surface area contributed by atoms with E-state index in [0.717, 1.165) is 32.8 Å². The molecule has 0 aliphatic carbocycles. The van der Waals surface area contributed by atoms with E-state index >= 15 is 0 Å². The summed E-state index contributed by atoms with van der Waals surface area (Å²) >= 11 is 3.55. The third-order valence-electron chi connectivity index (χ3n) is 2.98. The summed E-state index contributed by atoms with van der Waals surface area (Å²) in [7, 11) is 0. The Hall–Kier alpha value is -1.55. The smallest absolute Gasteiger partial charge is 0.182 e. The molecule has 0 bridgehead atoms. The van der Waals surface area contributed by atoms with Crippen LogP contribution in [-0.4, -0.2) is 4.57 Å². The molecular weight excluding hydrogens is 292 g/mol. The SMILES string of the molecule is Cc1cc(Br)c(-n2c(C)cc(=O)cc2C)cc1N. The van der Waals surface area contributed by atoms with Gasteiger partial charge in [-0.05, 0) is 54.4 Å². The summed E-state index contributed by atoms with van der Waals surface area (Å²) < 4.78 is 2.98. The summed E-state index contributed by atoms with van der Waals surface area (Å²) in [4.78, 5) is 11.5. The second-order valence-corrected chi connectivity index (χ2v) is 5.32. The normalized spacial score (nSPS) is 10.7.